The third-order valence-electron chi connectivity index (χ3n) is 4.36. The number of anilines is 1. The summed E-state index contributed by atoms with van der Waals surface area (Å²) >= 11 is 0. The van der Waals surface area contributed by atoms with Gasteiger partial charge in [0.25, 0.3) is 5.91 Å². The second kappa shape index (κ2) is 8.08. The molecule has 9 heteroatoms. The lowest BCUT2D eigenvalue weighted by Gasteiger charge is -2.11. The Balaban J connectivity index is 1.82. The van der Waals surface area contributed by atoms with E-state index in [4.69, 9.17) is 4.74 Å². The molecule has 150 valence electrons. The summed E-state index contributed by atoms with van der Waals surface area (Å²) in [4.78, 5) is 25.7. The number of aryl methyl sites for hydroxylation is 2. The molecule has 0 saturated heterocycles. The van der Waals surface area contributed by atoms with Gasteiger partial charge in [-0.05, 0) is 44.2 Å². The Morgan fingerprint density at radius 1 is 1.03 bits per heavy atom. The van der Waals surface area contributed by atoms with Crippen LogP contribution in [-0.4, -0.2) is 43.0 Å². The number of para-hydroxylation sites is 2. The van der Waals surface area contributed by atoms with Crippen LogP contribution in [-0.2, 0) is 0 Å². The standard InChI is InChI=1S/C21H19N7O2/c1-13-12-14(2)24-21(23-13)25-20(29)18-19(15-8-10-22-11-9-15)28(27-26-18)16-6-4-5-7-17(16)30-3/h4-12H,1-3H3,(H,23,24,25,29). The number of rotatable bonds is 5. The number of carbonyl (C=O) groups is 1. The molecule has 0 fully saturated rings. The Morgan fingerprint density at radius 3 is 2.43 bits per heavy atom. The topological polar surface area (TPSA) is 108 Å². The number of hydrogen-bond donors (Lipinski definition) is 1. The van der Waals surface area contributed by atoms with Crippen molar-refractivity contribution in [1.29, 1.82) is 0 Å². The molecule has 9 nitrogen and oxygen atoms in total. The van der Waals surface area contributed by atoms with Crippen LogP contribution in [0.4, 0.5) is 5.95 Å². The van der Waals surface area contributed by atoms with E-state index in [1.807, 2.05) is 44.2 Å². The van der Waals surface area contributed by atoms with Crippen LogP contribution in [0.1, 0.15) is 21.9 Å². The molecule has 0 aliphatic heterocycles. The number of benzene rings is 1. The van der Waals surface area contributed by atoms with Crippen molar-refractivity contribution in [3.8, 4) is 22.7 Å². The Morgan fingerprint density at radius 2 is 1.73 bits per heavy atom. The smallest absolute Gasteiger partial charge is 0.280 e. The largest absolute Gasteiger partial charge is 0.494 e. The Labute approximate surface area is 172 Å². The van der Waals surface area contributed by atoms with Gasteiger partial charge in [0, 0.05) is 29.3 Å². The SMILES string of the molecule is COc1ccccc1-n1nnc(C(=O)Nc2nc(C)cc(C)n2)c1-c1ccncc1. The van der Waals surface area contributed by atoms with Crippen molar-refractivity contribution < 1.29 is 9.53 Å². The minimum absolute atomic E-state index is 0.134. The van der Waals surface area contributed by atoms with Crippen molar-refractivity contribution in [2.24, 2.45) is 0 Å². The molecule has 0 spiro atoms. The van der Waals surface area contributed by atoms with Gasteiger partial charge in [0.1, 0.15) is 17.1 Å². The molecule has 1 N–H and O–H groups in total. The Bertz CT molecular complexity index is 1180. The lowest BCUT2D eigenvalue weighted by atomic mass is 10.1. The Hall–Kier alpha value is -4.14. The number of pyridine rings is 1. The van der Waals surface area contributed by atoms with Gasteiger partial charge in [0.2, 0.25) is 5.95 Å². The highest BCUT2D eigenvalue weighted by Crippen LogP contribution is 2.29. The molecular weight excluding hydrogens is 382 g/mol. The highest BCUT2D eigenvalue weighted by Gasteiger charge is 2.24. The average molecular weight is 401 g/mol. The first kappa shape index (κ1) is 19.2. The number of methoxy groups -OCH3 is 1. The van der Waals surface area contributed by atoms with Crippen molar-refractivity contribution in [3.63, 3.8) is 0 Å². The second-order valence-electron chi connectivity index (χ2n) is 6.53. The molecule has 0 atom stereocenters. The first-order valence-electron chi connectivity index (χ1n) is 9.20. The molecular formula is C21H19N7O2. The summed E-state index contributed by atoms with van der Waals surface area (Å²) in [6.07, 6.45) is 3.28. The predicted molar refractivity (Wildman–Crippen MR) is 111 cm³/mol. The zero-order valence-corrected chi connectivity index (χ0v) is 16.7. The maximum absolute atomic E-state index is 13.1. The van der Waals surface area contributed by atoms with Gasteiger partial charge < -0.3 is 4.74 Å². The summed E-state index contributed by atoms with van der Waals surface area (Å²) in [5, 5.41) is 11.1. The fraction of sp³-hybridized carbons (Fsp3) is 0.143. The van der Waals surface area contributed by atoms with Crippen LogP contribution in [0.2, 0.25) is 0 Å². The van der Waals surface area contributed by atoms with E-state index < -0.39 is 5.91 Å². The van der Waals surface area contributed by atoms with Gasteiger partial charge in [-0.15, -0.1) is 5.10 Å². The van der Waals surface area contributed by atoms with Gasteiger partial charge in [-0.1, -0.05) is 17.3 Å². The molecule has 1 amide bonds. The quantitative estimate of drug-likeness (QED) is 0.548. The summed E-state index contributed by atoms with van der Waals surface area (Å²) in [6.45, 7) is 3.68. The number of carbonyl (C=O) groups excluding carboxylic acids is 1. The normalized spacial score (nSPS) is 10.6. The van der Waals surface area contributed by atoms with Gasteiger partial charge in [0.05, 0.1) is 7.11 Å². The molecule has 4 aromatic rings. The lowest BCUT2D eigenvalue weighted by Crippen LogP contribution is -2.16. The summed E-state index contributed by atoms with van der Waals surface area (Å²) in [6, 6.07) is 12.8. The van der Waals surface area contributed by atoms with Crippen LogP contribution < -0.4 is 10.1 Å². The predicted octanol–water partition coefficient (Wildman–Crippen LogP) is 3.00. The van der Waals surface area contributed by atoms with Crippen LogP contribution in [0.3, 0.4) is 0 Å². The van der Waals surface area contributed by atoms with Crippen molar-refractivity contribution in [2.75, 3.05) is 12.4 Å². The van der Waals surface area contributed by atoms with Gasteiger partial charge in [-0.2, -0.15) is 0 Å². The van der Waals surface area contributed by atoms with E-state index in [1.165, 1.54) is 0 Å². The number of ether oxygens (including phenoxy) is 1. The fourth-order valence-electron chi connectivity index (χ4n) is 3.12. The van der Waals surface area contributed by atoms with Gasteiger partial charge >= 0.3 is 0 Å². The van der Waals surface area contributed by atoms with E-state index in [2.05, 4.69) is 30.6 Å². The molecule has 0 aliphatic rings. The lowest BCUT2D eigenvalue weighted by molar-refractivity contribution is 0.102. The minimum atomic E-state index is -0.465. The fourth-order valence-corrected chi connectivity index (χ4v) is 3.12. The number of aromatic nitrogens is 6. The van der Waals surface area contributed by atoms with Crippen molar-refractivity contribution in [1.82, 2.24) is 29.9 Å². The van der Waals surface area contributed by atoms with Crippen molar-refractivity contribution in [2.45, 2.75) is 13.8 Å². The maximum Gasteiger partial charge on any atom is 0.280 e. The van der Waals surface area contributed by atoms with Crippen LogP contribution in [0.5, 0.6) is 5.75 Å². The zero-order valence-electron chi connectivity index (χ0n) is 16.7. The minimum Gasteiger partial charge on any atom is -0.494 e. The first-order chi connectivity index (χ1) is 14.6. The molecule has 1 aromatic carbocycles. The molecule has 4 rings (SSSR count). The highest BCUT2D eigenvalue weighted by atomic mass is 16.5. The van der Waals surface area contributed by atoms with E-state index in [1.54, 1.807) is 36.3 Å². The summed E-state index contributed by atoms with van der Waals surface area (Å²) < 4.78 is 7.04. The summed E-state index contributed by atoms with van der Waals surface area (Å²) in [5.74, 6) is 0.347. The van der Waals surface area contributed by atoms with Gasteiger partial charge in [-0.3, -0.25) is 15.1 Å². The molecule has 0 aliphatic carbocycles. The average Bonchev–Trinajstić information content (AvgIpc) is 3.18. The van der Waals surface area contributed by atoms with E-state index in [0.29, 0.717) is 17.1 Å². The van der Waals surface area contributed by atoms with E-state index in [9.17, 15) is 4.79 Å². The van der Waals surface area contributed by atoms with Crippen LogP contribution >= 0.6 is 0 Å². The van der Waals surface area contributed by atoms with Crippen LogP contribution in [0.15, 0.2) is 54.9 Å². The summed E-state index contributed by atoms with van der Waals surface area (Å²) in [7, 11) is 1.58. The molecule has 0 saturated carbocycles. The van der Waals surface area contributed by atoms with E-state index in [-0.39, 0.29) is 11.6 Å². The van der Waals surface area contributed by atoms with E-state index >= 15 is 0 Å². The number of nitrogens with one attached hydrogen (secondary N) is 1. The van der Waals surface area contributed by atoms with E-state index in [0.717, 1.165) is 17.0 Å². The number of hydrogen-bond acceptors (Lipinski definition) is 7. The monoisotopic (exact) mass is 401 g/mol. The molecule has 0 bridgehead atoms. The summed E-state index contributed by atoms with van der Waals surface area (Å²) in [5.41, 5.74) is 3.53. The maximum atomic E-state index is 13.1. The Kier molecular flexibility index (Phi) is 5.17. The molecule has 3 aromatic heterocycles. The van der Waals surface area contributed by atoms with Gasteiger partial charge in [-0.25, -0.2) is 14.6 Å². The molecule has 0 radical (unpaired) electrons. The van der Waals surface area contributed by atoms with Crippen molar-refractivity contribution >= 4 is 11.9 Å². The molecule has 30 heavy (non-hydrogen) atoms. The second-order valence-corrected chi connectivity index (χ2v) is 6.53. The van der Waals surface area contributed by atoms with Crippen LogP contribution in [0, 0.1) is 13.8 Å². The third-order valence-corrected chi connectivity index (χ3v) is 4.36. The number of amides is 1. The zero-order chi connectivity index (χ0) is 21.1. The number of nitrogens with zero attached hydrogens (tertiary/aromatic N) is 6. The van der Waals surface area contributed by atoms with Gasteiger partial charge in [0.15, 0.2) is 5.69 Å². The molecule has 3 heterocycles. The first-order valence-corrected chi connectivity index (χ1v) is 9.20. The molecule has 0 unspecified atom stereocenters. The highest BCUT2D eigenvalue weighted by molar-refractivity contribution is 6.06. The third kappa shape index (κ3) is 3.72. The van der Waals surface area contributed by atoms with Crippen LogP contribution in [0.25, 0.3) is 16.9 Å². The van der Waals surface area contributed by atoms with Crippen molar-refractivity contribution in [3.05, 3.63) is 71.9 Å².